The first-order valence-corrected chi connectivity index (χ1v) is 13.7. The number of halogens is 1. The summed E-state index contributed by atoms with van der Waals surface area (Å²) in [6.07, 6.45) is 10.6. The summed E-state index contributed by atoms with van der Waals surface area (Å²) in [7, 11) is -1.19. The molecule has 178 valence electrons. The molecular formula is C24H27ClN6O2S. The van der Waals surface area contributed by atoms with E-state index in [2.05, 4.69) is 26.3 Å². The number of nitrogens with one attached hydrogen (secondary N) is 1. The highest BCUT2D eigenvalue weighted by Crippen LogP contribution is 2.47. The SMILES string of the molecule is N#Cc1c(N2C3CCC2CC(c2ncc(Cl)cn2)C3)nc(NC2(CO)CCC2)c2c1CC[S@]2=O. The molecule has 2 aromatic rings. The monoisotopic (exact) mass is 498 g/mol. The third-order valence-corrected chi connectivity index (χ3v) is 9.75. The van der Waals surface area contributed by atoms with Crippen LogP contribution in [-0.4, -0.2) is 54.2 Å². The molecule has 0 aromatic carbocycles. The predicted octanol–water partition coefficient (Wildman–Crippen LogP) is 3.30. The number of piperidine rings is 1. The third kappa shape index (κ3) is 3.50. The minimum Gasteiger partial charge on any atom is -0.394 e. The lowest BCUT2D eigenvalue weighted by Gasteiger charge is -2.43. The predicted molar refractivity (Wildman–Crippen MR) is 130 cm³/mol. The van der Waals surface area contributed by atoms with E-state index in [1.165, 1.54) is 0 Å². The first kappa shape index (κ1) is 22.2. The van der Waals surface area contributed by atoms with Crippen molar-refractivity contribution in [3.63, 3.8) is 0 Å². The molecule has 2 unspecified atom stereocenters. The van der Waals surface area contributed by atoms with E-state index in [0.717, 1.165) is 56.3 Å². The highest BCUT2D eigenvalue weighted by Gasteiger charge is 2.45. The molecule has 3 aliphatic heterocycles. The maximum atomic E-state index is 12.9. The summed E-state index contributed by atoms with van der Waals surface area (Å²) in [5.41, 5.74) is 1.02. The smallest absolute Gasteiger partial charge is 0.149 e. The Balaban J connectivity index is 1.38. The van der Waals surface area contributed by atoms with Gasteiger partial charge >= 0.3 is 0 Å². The van der Waals surface area contributed by atoms with E-state index in [9.17, 15) is 14.6 Å². The molecule has 34 heavy (non-hydrogen) atoms. The van der Waals surface area contributed by atoms with Crippen LogP contribution in [0.5, 0.6) is 0 Å². The van der Waals surface area contributed by atoms with Gasteiger partial charge in [0, 0.05) is 36.1 Å². The quantitative estimate of drug-likeness (QED) is 0.645. The molecule has 3 fully saturated rings. The van der Waals surface area contributed by atoms with Gasteiger partial charge in [0.2, 0.25) is 0 Å². The van der Waals surface area contributed by atoms with Gasteiger partial charge in [0.1, 0.15) is 23.5 Å². The molecule has 3 atom stereocenters. The van der Waals surface area contributed by atoms with E-state index in [-0.39, 0.29) is 24.6 Å². The van der Waals surface area contributed by atoms with Gasteiger partial charge in [-0.05, 0) is 56.9 Å². The Morgan fingerprint density at radius 3 is 2.56 bits per heavy atom. The molecule has 1 aliphatic carbocycles. The van der Waals surface area contributed by atoms with Crippen molar-refractivity contribution in [1.82, 2.24) is 15.0 Å². The average molecular weight is 499 g/mol. The molecule has 2 N–H and O–H groups in total. The van der Waals surface area contributed by atoms with Crippen molar-refractivity contribution in [3.8, 4) is 6.07 Å². The van der Waals surface area contributed by atoms with Crippen LogP contribution in [0.25, 0.3) is 0 Å². The minimum absolute atomic E-state index is 0.0170. The zero-order valence-corrected chi connectivity index (χ0v) is 20.4. The zero-order valence-electron chi connectivity index (χ0n) is 18.8. The number of fused-ring (bicyclic) bond motifs is 3. The molecule has 4 aliphatic rings. The van der Waals surface area contributed by atoms with Crippen LogP contribution in [0, 0.1) is 11.3 Å². The van der Waals surface area contributed by atoms with Crippen LogP contribution in [0.3, 0.4) is 0 Å². The van der Waals surface area contributed by atoms with Crippen LogP contribution in [0.15, 0.2) is 17.3 Å². The zero-order chi connectivity index (χ0) is 23.4. The Morgan fingerprint density at radius 2 is 1.97 bits per heavy atom. The number of hydrogen-bond acceptors (Lipinski definition) is 8. The molecule has 0 radical (unpaired) electrons. The maximum Gasteiger partial charge on any atom is 0.149 e. The molecule has 5 heterocycles. The van der Waals surface area contributed by atoms with Crippen LogP contribution in [0.2, 0.25) is 5.02 Å². The van der Waals surface area contributed by atoms with Gasteiger partial charge < -0.3 is 15.3 Å². The summed E-state index contributed by atoms with van der Waals surface area (Å²) in [5.74, 6) is 2.90. The van der Waals surface area contributed by atoms with Crippen molar-refractivity contribution < 1.29 is 9.32 Å². The third-order valence-electron chi connectivity index (χ3n) is 8.09. The second kappa shape index (κ2) is 8.43. The van der Waals surface area contributed by atoms with Gasteiger partial charge in [-0.1, -0.05) is 11.6 Å². The number of nitrogens with zero attached hydrogens (tertiary/aromatic N) is 5. The number of rotatable bonds is 5. The fourth-order valence-corrected chi connectivity index (χ4v) is 7.70. The Labute approximate surface area is 206 Å². The molecule has 2 saturated heterocycles. The molecular weight excluding hydrogens is 472 g/mol. The Bertz CT molecular complexity index is 1180. The number of pyridine rings is 1. The van der Waals surface area contributed by atoms with Gasteiger partial charge in [-0.2, -0.15) is 5.26 Å². The maximum absolute atomic E-state index is 12.9. The molecule has 0 amide bonds. The average Bonchev–Trinajstić information content (AvgIpc) is 3.32. The lowest BCUT2D eigenvalue weighted by Crippen LogP contribution is -2.49. The van der Waals surface area contributed by atoms with Crippen molar-refractivity contribution in [2.45, 2.75) is 79.8 Å². The molecule has 2 bridgehead atoms. The molecule has 6 rings (SSSR count). The first-order chi connectivity index (χ1) is 16.5. The molecule has 8 nitrogen and oxygen atoms in total. The van der Waals surface area contributed by atoms with Crippen molar-refractivity contribution in [2.24, 2.45) is 0 Å². The molecule has 2 aromatic heterocycles. The fraction of sp³-hybridized carbons (Fsp3) is 0.583. The van der Waals surface area contributed by atoms with Gasteiger partial charge in [0.25, 0.3) is 0 Å². The Morgan fingerprint density at radius 1 is 1.26 bits per heavy atom. The van der Waals surface area contributed by atoms with E-state index in [1.807, 2.05) is 0 Å². The van der Waals surface area contributed by atoms with Gasteiger partial charge in [0.05, 0.1) is 38.4 Å². The van der Waals surface area contributed by atoms with Gasteiger partial charge in [-0.15, -0.1) is 0 Å². The number of hydrogen-bond donors (Lipinski definition) is 2. The van der Waals surface area contributed by atoms with Crippen molar-refractivity contribution in [3.05, 3.63) is 34.4 Å². The minimum atomic E-state index is -1.19. The topological polar surface area (TPSA) is 115 Å². The molecule has 0 spiro atoms. The van der Waals surface area contributed by atoms with Crippen molar-refractivity contribution in [1.29, 1.82) is 5.26 Å². The van der Waals surface area contributed by atoms with E-state index in [4.69, 9.17) is 16.6 Å². The lowest BCUT2D eigenvalue weighted by molar-refractivity contribution is 0.143. The highest BCUT2D eigenvalue weighted by atomic mass is 35.5. The van der Waals surface area contributed by atoms with Crippen LogP contribution < -0.4 is 10.2 Å². The number of aliphatic hydroxyl groups is 1. The summed E-state index contributed by atoms with van der Waals surface area (Å²) < 4.78 is 12.9. The number of anilines is 2. The van der Waals surface area contributed by atoms with Crippen molar-refractivity contribution >= 4 is 34.0 Å². The van der Waals surface area contributed by atoms with E-state index >= 15 is 0 Å². The summed E-state index contributed by atoms with van der Waals surface area (Å²) >= 11 is 5.98. The number of aliphatic hydroxyl groups excluding tert-OH is 1. The highest BCUT2D eigenvalue weighted by molar-refractivity contribution is 7.85. The molecule has 1 saturated carbocycles. The van der Waals surface area contributed by atoms with Crippen LogP contribution in [-0.2, 0) is 17.2 Å². The summed E-state index contributed by atoms with van der Waals surface area (Å²) in [6.45, 7) is 0.0170. The van der Waals surface area contributed by atoms with E-state index in [0.29, 0.717) is 39.3 Å². The number of nitriles is 1. The second-order valence-corrected chi connectivity index (χ2v) is 12.0. The van der Waals surface area contributed by atoms with Crippen LogP contribution in [0.1, 0.15) is 67.8 Å². The fourth-order valence-electron chi connectivity index (χ4n) is 6.22. The lowest BCUT2D eigenvalue weighted by atomic mass is 9.77. The molecule has 10 heteroatoms. The van der Waals surface area contributed by atoms with Gasteiger partial charge in [0.15, 0.2) is 0 Å². The second-order valence-electron chi connectivity index (χ2n) is 10.0. The first-order valence-electron chi connectivity index (χ1n) is 12.0. The van der Waals surface area contributed by atoms with Gasteiger partial charge in [-0.25, -0.2) is 15.0 Å². The Hall–Kier alpha value is -2.28. The van der Waals surface area contributed by atoms with Crippen LogP contribution >= 0.6 is 11.6 Å². The van der Waals surface area contributed by atoms with E-state index < -0.39 is 16.3 Å². The van der Waals surface area contributed by atoms with E-state index in [1.54, 1.807) is 12.4 Å². The Kier molecular flexibility index (Phi) is 5.51. The normalized spacial score (nSPS) is 28.8. The van der Waals surface area contributed by atoms with Gasteiger partial charge in [-0.3, -0.25) is 4.21 Å². The number of aromatic nitrogens is 3. The summed E-state index contributed by atoms with van der Waals surface area (Å²) in [6, 6.07) is 2.90. The summed E-state index contributed by atoms with van der Waals surface area (Å²) in [5, 5.41) is 24.2. The standard InChI is InChI=1S/C24H27ClN6O2S/c25-15-11-27-21(28-12-15)14-8-16-2-3-17(9-14)31(16)23-19(10-26)18-4-7-34(33)20(18)22(29-23)30-24(13-32)5-1-6-24/h11-12,14,16-17,32H,1-9,13H2,(H,29,30)/t14?,16?,17?,34-/m1/s1. The largest absolute Gasteiger partial charge is 0.394 e. The van der Waals surface area contributed by atoms with Crippen molar-refractivity contribution in [2.75, 3.05) is 22.6 Å². The summed E-state index contributed by atoms with van der Waals surface area (Å²) in [4.78, 5) is 16.9. The van der Waals surface area contributed by atoms with Crippen LogP contribution in [0.4, 0.5) is 11.6 Å².